The maximum absolute atomic E-state index is 12.8. The lowest BCUT2D eigenvalue weighted by Crippen LogP contribution is -3.15. The SMILES string of the molecule is O=C(Nc1ccc2c(c1)OCO2)N1CC[NH+](C(c2ccccc2)c2ccccc2)CC1. The first-order valence-corrected chi connectivity index (χ1v) is 10.7. The lowest BCUT2D eigenvalue weighted by Gasteiger charge is -2.37. The minimum absolute atomic E-state index is 0.0751. The largest absolute Gasteiger partial charge is 0.454 e. The van der Waals surface area contributed by atoms with Gasteiger partial charge in [-0.15, -0.1) is 0 Å². The second-order valence-corrected chi connectivity index (χ2v) is 7.90. The van der Waals surface area contributed by atoms with Gasteiger partial charge in [-0.25, -0.2) is 4.79 Å². The summed E-state index contributed by atoms with van der Waals surface area (Å²) in [4.78, 5) is 16.2. The Hall–Kier alpha value is -3.51. The van der Waals surface area contributed by atoms with Crippen LogP contribution in [0.4, 0.5) is 10.5 Å². The van der Waals surface area contributed by atoms with E-state index in [2.05, 4.69) is 66.0 Å². The maximum Gasteiger partial charge on any atom is 0.322 e. The van der Waals surface area contributed by atoms with Crippen LogP contribution in [0.25, 0.3) is 0 Å². The number of piperazine rings is 1. The zero-order valence-corrected chi connectivity index (χ0v) is 17.3. The highest BCUT2D eigenvalue weighted by atomic mass is 16.7. The van der Waals surface area contributed by atoms with Gasteiger partial charge in [0.15, 0.2) is 11.5 Å². The number of amides is 2. The van der Waals surface area contributed by atoms with E-state index in [9.17, 15) is 4.79 Å². The van der Waals surface area contributed by atoms with Gasteiger partial charge in [-0.05, 0) is 12.1 Å². The summed E-state index contributed by atoms with van der Waals surface area (Å²) in [5.41, 5.74) is 3.33. The molecule has 2 heterocycles. The predicted octanol–water partition coefficient (Wildman–Crippen LogP) is 2.94. The molecule has 0 aromatic heterocycles. The molecule has 3 aromatic carbocycles. The first-order valence-electron chi connectivity index (χ1n) is 10.7. The van der Waals surface area contributed by atoms with Crippen molar-refractivity contribution >= 4 is 11.7 Å². The molecule has 2 amide bonds. The monoisotopic (exact) mass is 416 g/mol. The van der Waals surface area contributed by atoms with Gasteiger partial charge in [0, 0.05) is 22.9 Å². The van der Waals surface area contributed by atoms with Crippen LogP contribution in [0, 0.1) is 0 Å². The van der Waals surface area contributed by atoms with Crippen LogP contribution in [0.5, 0.6) is 11.5 Å². The predicted molar refractivity (Wildman–Crippen MR) is 119 cm³/mol. The summed E-state index contributed by atoms with van der Waals surface area (Å²) in [5.74, 6) is 1.38. The number of anilines is 1. The molecule has 0 spiro atoms. The summed E-state index contributed by atoms with van der Waals surface area (Å²) in [6.07, 6.45) is 0. The van der Waals surface area contributed by atoms with Crippen LogP contribution in [-0.2, 0) is 0 Å². The smallest absolute Gasteiger partial charge is 0.322 e. The molecule has 2 aliphatic rings. The van der Waals surface area contributed by atoms with Crippen LogP contribution in [0.1, 0.15) is 17.2 Å². The number of carbonyl (C=O) groups excluding carboxylic acids is 1. The Bertz CT molecular complexity index is 995. The molecule has 0 unspecified atom stereocenters. The van der Waals surface area contributed by atoms with Gasteiger partial charge in [0.2, 0.25) is 6.79 Å². The maximum atomic E-state index is 12.8. The van der Waals surface area contributed by atoms with Gasteiger partial charge >= 0.3 is 6.03 Å². The molecular formula is C25H26N3O3+. The molecule has 2 aliphatic heterocycles. The Morgan fingerprint density at radius 3 is 2.10 bits per heavy atom. The molecule has 1 saturated heterocycles. The molecule has 0 atom stereocenters. The van der Waals surface area contributed by atoms with E-state index in [0.717, 1.165) is 18.8 Å². The van der Waals surface area contributed by atoms with Crippen LogP contribution < -0.4 is 19.7 Å². The molecule has 0 bridgehead atoms. The summed E-state index contributed by atoms with van der Waals surface area (Å²) in [6, 6.07) is 27.0. The highest BCUT2D eigenvalue weighted by Crippen LogP contribution is 2.34. The third-order valence-corrected chi connectivity index (χ3v) is 5.99. The lowest BCUT2D eigenvalue weighted by atomic mass is 9.96. The zero-order chi connectivity index (χ0) is 21.0. The molecule has 0 aliphatic carbocycles. The minimum Gasteiger partial charge on any atom is -0.454 e. The Labute approximate surface area is 182 Å². The van der Waals surface area contributed by atoms with Crippen molar-refractivity contribution in [3.63, 3.8) is 0 Å². The molecule has 5 rings (SSSR count). The molecule has 3 aromatic rings. The molecule has 0 radical (unpaired) electrons. The second kappa shape index (κ2) is 8.70. The van der Waals surface area contributed by atoms with Crippen LogP contribution in [0.2, 0.25) is 0 Å². The number of nitrogens with zero attached hydrogens (tertiary/aromatic N) is 1. The van der Waals surface area contributed by atoms with Crippen LogP contribution in [0.3, 0.4) is 0 Å². The first kappa shape index (κ1) is 19.5. The van der Waals surface area contributed by atoms with Crippen molar-refractivity contribution < 1.29 is 19.2 Å². The van der Waals surface area contributed by atoms with Crippen LogP contribution in [-0.4, -0.2) is 43.9 Å². The van der Waals surface area contributed by atoms with E-state index in [0.29, 0.717) is 24.6 Å². The van der Waals surface area contributed by atoms with Gasteiger partial charge in [0.25, 0.3) is 0 Å². The summed E-state index contributed by atoms with van der Waals surface area (Å²) < 4.78 is 10.7. The van der Waals surface area contributed by atoms with Crippen molar-refractivity contribution in [3.8, 4) is 11.5 Å². The van der Waals surface area contributed by atoms with Gasteiger partial charge in [-0.2, -0.15) is 0 Å². The van der Waals surface area contributed by atoms with Gasteiger partial charge < -0.3 is 24.6 Å². The summed E-state index contributed by atoms with van der Waals surface area (Å²) in [7, 11) is 0. The average molecular weight is 417 g/mol. The Morgan fingerprint density at radius 2 is 1.45 bits per heavy atom. The number of ether oxygens (including phenoxy) is 2. The fourth-order valence-electron chi connectivity index (χ4n) is 4.42. The van der Waals surface area contributed by atoms with E-state index >= 15 is 0 Å². The molecule has 6 heteroatoms. The fourth-order valence-corrected chi connectivity index (χ4v) is 4.42. The third-order valence-electron chi connectivity index (χ3n) is 5.99. The third kappa shape index (κ3) is 4.20. The number of hydrogen-bond donors (Lipinski definition) is 2. The number of fused-ring (bicyclic) bond motifs is 1. The lowest BCUT2D eigenvalue weighted by molar-refractivity contribution is -0.929. The molecule has 1 fully saturated rings. The van der Waals surface area contributed by atoms with Crippen molar-refractivity contribution in [2.24, 2.45) is 0 Å². The summed E-state index contributed by atoms with van der Waals surface area (Å²) in [6.45, 7) is 3.43. The van der Waals surface area contributed by atoms with E-state index < -0.39 is 0 Å². The van der Waals surface area contributed by atoms with Crippen LogP contribution in [0.15, 0.2) is 78.9 Å². The average Bonchev–Trinajstić information content (AvgIpc) is 3.29. The number of carbonyl (C=O) groups is 1. The number of nitrogens with one attached hydrogen (secondary N) is 2. The normalized spacial score (nSPS) is 15.8. The molecule has 158 valence electrons. The van der Waals surface area contributed by atoms with Crippen molar-refractivity contribution in [3.05, 3.63) is 90.0 Å². The second-order valence-electron chi connectivity index (χ2n) is 7.90. The first-order chi connectivity index (χ1) is 15.3. The highest BCUT2D eigenvalue weighted by molar-refractivity contribution is 5.89. The summed E-state index contributed by atoms with van der Waals surface area (Å²) in [5, 5.41) is 2.99. The fraction of sp³-hybridized carbons (Fsp3) is 0.240. The van der Waals surface area contributed by atoms with E-state index in [1.807, 2.05) is 23.1 Å². The number of quaternary nitrogens is 1. The quantitative estimate of drug-likeness (QED) is 0.688. The Balaban J connectivity index is 1.26. The van der Waals surface area contributed by atoms with Gasteiger partial charge in [0.05, 0.1) is 26.2 Å². The number of rotatable bonds is 4. The standard InChI is InChI=1S/C25H25N3O3/c29-25(26-21-11-12-22-23(17-21)31-18-30-22)28-15-13-27(14-16-28)24(19-7-3-1-4-8-19)20-9-5-2-6-10-20/h1-12,17,24H,13-16,18H2,(H,26,29)/p+1. The van der Waals surface area contributed by atoms with Crippen molar-refractivity contribution in [2.45, 2.75) is 6.04 Å². The number of hydrogen-bond acceptors (Lipinski definition) is 3. The molecule has 0 saturated carbocycles. The Kier molecular flexibility index (Phi) is 5.46. The van der Waals surface area contributed by atoms with Gasteiger partial charge in [-0.3, -0.25) is 0 Å². The zero-order valence-electron chi connectivity index (χ0n) is 17.3. The van der Waals surface area contributed by atoms with E-state index in [1.54, 1.807) is 0 Å². The van der Waals surface area contributed by atoms with Crippen LogP contribution >= 0.6 is 0 Å². The van der Waals surface area contributed by atoms with E-state index in [-0.39, 0.29) is 18.9 Å². The van der Waals surface area contributed by atoms with Gasteiger partial charge in [0.1, 0.15) is 6.04 Å². The molecule has 2 N–H and O–H groups in total. The topological polar surface area (TPSA) is 55.2 Å². The van der Waals surface area contributed by atoms with Gasteiger partial charge in [-0.1, -0.05) is 60.7 Å². The number of urea groups is 1. The minimum atomic E-state index is -0.0751. The van der Waals surface area contributed by atoms with E-state index in [4.69, 9.17) is 9.47 Å². The van der Waals surface area contributed by atoms with Crippen molar-refractivity contribution in [2.75, 3.05) is 38.3 Å². The van der Waals surface area contributed by atoms with Crippen molar-refractivity contribution in [1.82, 2.24) is 4.90 Å². The number of benzene rings is 3. The Morgan fingerprint density at radius 1 is 0.839 bits per heavy atom. The molecule has 31 heavy (non-hydrogen) atoms. The molecule has 6 nitrogen and oxygen atoms in total. The summed E-state index contributed by atoms with van der Waals surface area (Å²) >= 11 is 0. The van der Waals surface area contributed by atoms with E-state index in [1.165, 1.54) is 16.0 Å². The highest BCUT2D eigenvalue weighted by Gasteiger charge is 2.31. The molecular weight excluding hydrogens is 390 g/mol. The van der Waals surface area contributed by atoms with Crippen molar-refractivity contribution in [1.29, 1.82) is 0 Å².